The molecule has 0 spiro atoms. The van der Waals surface area contributed by atoms with Gasteiger partial charge in [0, 0.05) is 19.5 Å². The molecule has 0 radical (unpaired) electrons. The van der Waals surface area contributed by atoms with Gasteiger partial charge in [-0.05, 0) is 5.21 Å². The van der Waals surface area contributed by atoms with Gasteiger partial charge in [0.05, 0.1) is 7.05 Å². The van der Waals surface area contributed by atoms with Crippen LogP contribution in [0.5, 0.6) is 0 Å². The second-order valence-corrected chi connectivity index (χ2v) is 3.13. The van der Waals surface area contributed by atoms with E-state index >= 15 is 0 Å². The highest BCUT2D eigenvalue weighted by Gasteiger charge is 2.38. The molecule has 12 heavy (non-hydrogen) atoms. The molecule has 0 atom stereocenters. The zero-order valence-electron chi connectivity index (χ0n) is 6.79. The minimum atomic E-state index is -1.15. The zero-order valence-corrected chi connectivity index (χ0v) is 6.79. The van der Waals surface area contributed by atoms with Crippen molar-refractivity contribution in [1.82, 2.24) is 25.5 Å². The number of aromatic nitrogens is 4. The van der Waals surface area contributed by atoms with Gasteiger partial charge >= 0.3 is 0 Å². The van der Waals surface area contributed by atoms with Crippen molar-refractivity contribution in [2.24, 2.45) is 7.05 Å². The summed E-state index contributed by atoms with van der Waals surface area (Å²) in [7, 11) is 1.67. The summed E-state index contributed by atoms with van der Waals surface area (Å²) in [4.78, 5) is 1.34. The van der Waals surface area contributed by atoms with Gasteiger partial charge in [-0.2, -0.15) is 4.80 Å². The maximum Gasteiger partial charge on any atom is 0.178 e. The number of tetrazole rings is 1. The number of halogens is 1. The van der Waals surface area contributed by atoms with Crippen molar-refractivity contribution in [3.8, 4) is 0 Å². The molecule has 0 aromatic carbocycles. The molecule has 1 fully saturated rings. The Hall–Kier alpha value is -1.04. The molecule has 1 aromatic rings. The van der Waals surface area contributed by atoms with Crippen LogP contribution >= 0.6 is 0 Å². The number of nitrogens with zero attached hydrogens (tertiary/aromatic N) is 4. The third kappa shape index (κ3) is 1.29. The maximum absolute atomic E-state index is 13.4. The van der Waals surface area contributed by atoms with E-state index < -0.39 is 5.67 Å². The lowest BCUT2D eigenvalue weighted by molar-refractivity contribution is 0.0887. The molecule has 0 saturated carbocycles. The summed E-state index contributed by atoms with van der Waals surface area (Å²) in [6, 6.07) is 0. The first-order valence-corrected chi connectivity index (χ1v) is 3.80. The van der Waals surface area contributed by atoms with Gasteiger partial charge < -0.3 is 5.32 Å². The molecule has 0 unspecified atom stereocenters. The molecule has 0 amide bonds. The average Bonchev–Trinajstić information content (AvgIpc) is 2.32. The van der Waals surface area contributed by atoms with E-state index in [4.69, 9.17) is 0 Å². The normalized spacial score (nSPS) is 20.5. The summed E-state index contributed by atoms with van der Waals surface area (Å²) in [5.74, 6) is 0.474. The largest absolute Gasteiger partial charge is 0.310 e. The monoisotopic (exact) mass is 171 g/mol. The van der Waals surface area contributed by atoms with Crippen molar-refractivity contribution in [2.75, 3.05) is 13.1 Å². The Morgan fingerprint density at radius 3 is 2.83 bits per heavy atom. The lowest BCUT2D eigenvalue weighted by Gasteiger charge is -2.33. The second kappa shape index (κ2) is 2.48. The Balaban J connectivity index is 2.03. The fourth-order valence-electron chi connectivity index (χ4n) is 1.20. The Bertz CT molecular complexity index is 279. The minimum absolute atomic E-state index is 0.258. The fraction of sp³-hybridized carbons (Fsp3) is 0.833. The van der Waals surface area contributed by atoms with Crippen molar-refractivity contribution in [3.05, 3.63) is 5.82 Å². The molecule has 2 rings (SSSR count). The molecule has 66 valence electrons. The van der Waals surface area contributed by atoms with Crippen LogP contribution in [0.4, 0.5) is 4.39 Å². The summed E-state index contributed by atoms with van der Waals surface area (Å²) in [6.07, 6.45) is 0.258. The first kappa shape index (κ1) is 7.60. The number of nitrogens with one attached hydrogen (secondary N) is 1. The molecule has 1 aliphatic heterocycles. The predicted molar refractivity (Wildman–Crippen MR) is 39.2 cm³/mol. The predicted octanol–water partition coefficient (Wildman–Crippen LogP) is -0.936. The highest BCUT2D eigenvalue weighted by molar-refractivity contribution is 5.00. The lowest BCUT2D eigenvalue weighted by Crippen LogP contribution is -2.57. The van der Waals surface area contributed by atoms with E-state index in [2.05, 4.69) is 20.7 Å². The molecule has 1 aliphatic rings. The second-order valence-electron chi connectivity index (χ2n) is 3.13. The van der Waals surface area contributed by atoms with Crippen LogP contribution in [0.25, 0.3) is 0 Å². The van der Waals surface area contributed by atoms with E-state index in [9.17, 15) is 4.39 Å². The van der Waals surface area contributed by atoms with Gasteiger partial charge in [-0.15, -0.1) is 10.2 Å². The van der Waals surface area contributed by atoms with Gasteiger partial charge in [0.1, 0.15) is 5.67 Å². The quantitative estimate of drug-likeness (QED) is 0.624. The molecular formula is C6H10FN5. The topological polar surface area (TPSA) is 55.6 Å². The molecule has 5 nitrogen and oxygen atoms in total. The van der Waals surface area contributed by atoms with Gasteiger partial charge in [-0.1, -0.05) is 0 Å². The Labute approximate surface area is 68.9 Å². The molecular weight excluding hydrogens is 161 g/mol. The Kier molecular flexibility index (Phi) is 1.57. The van der Waals surface area contributed by atoms with Crippen molar-refractivity contribution in [1.29, 1.82) is 0 Å². The molecule has 0 bridgehead atoms. The fourth-order valence-corrected chi connectivity index (χ4v) is 1.20. The SMILES string of the molecule is Cn1nnc(CC2(F)CNC2)n1. The van der Waals surface area contributed by atoms with Crippen LogP contribution in [0.1, 0.15) is 5.82 Å². The molecule has 0 aliphatic carbocycles. The number of rotatable bonds is 2. The zero-order chi connectivity index (χ0) is 8.60. The standard InChI is InChI=1S/C6H10FN5/c1-12-10-5(9-11-12)2-6(7)3-8-4-6/h8H,2-4H2,1H3. The van der Waals surface area contributed by atoms with Crippen molar-refractivity contribution < 1.29 is 4.39 Å². The minimum Gasteiger partial charge on any atom is -0.310 e. The van der Waals surface area contributed by atoms with Gasteiger partial charge in [0.15, 0.2) is 5.82 Å². The third-order valence-electron chi connectivity index (χ3n) is 1.91. The van der Waals surface area contributed by atoms with E-state index in [1.165, 1.54) is 4.80 Å². The summed E-state index contributed by atoms with van der Waals surface area (Å²) in [5, 5.41) is 14.1. The number of aryl methyl sites for hydroxylation is 1. The summed E-state index contributed by atoms with van der Waals surface area (Å²) >= 11 is 0. The molecule has 1 saturated heterocycles. The molecule has 6 heteroatoms. The summed E-state index contributed by atoms with van der Waals surface area (Å²) in [5.41, 5.74) is -1.15. The summed E-state index contributed by atoms with van der Waals surface area (Å²) in [6.45, 7) is 0.788. The van der Waals surface area contributed by atoms with Crippen LogP contribution in [-0.2, 0) is 13.5 Å². The van der Waals surface area contributed by atoms with E-state index in [1.807, 2.05) is 0 Å². The van der Waals surface area contributed by atoms with E-state index in [-0.39, 0.29) is 6.42 Å². The van der Waals surface area contributed by atoms with Crippen LogP contribution in [0.2, 0.25) is 0 Å². The lowest BCUT2D eigenvalue weighted by atomic mass is 9.95. The Morgan fingerprint density at radius 2 is 2.42 bits per heavy atom. The van der Waals surface area contributed by atoms with Gasteiger partial charge in [0.25, 0.3) is 0 Å². The third-order valence-corrected chi connectivity index (χ3v) is 1.91. The number of hydrogen-bond acceptors (Lipinski definition) is 4. The van der Waals surface area contributed by atoms with Gasteiger partial charge in [0.2, 0.25) is 0 Å². The average molecular weight is 171 g/mol. The molecule has 1 aromatic heterocycles. The van der Waals surface area contributed by atoms with E-state index in [1.54, 1.807) is 7.05 Å². The highest BCUT2D eigenvalue weighted by atomic mass is 19.1. The van der Waals surface area contributed by atoms with Gasteiger partial charge in [-0.3, -0.25) is 0 Å². The van der Waals surface area contributed by atoms with Crippen LogP contribution in [0.15, 0.2) is 0 Å². The van der Waals surface area contributed by atoms with Crippen molar-refractivity contribution >= 4 is 0 Å². The first-order valence-electron chi connectivity index (χ1n) is 3.80. The van der Waals surface area contributed by atoms with Crippen LogP contribution in [0, 0.1) is 0 Å². The first-order chi connectivity index (χ1) is 5.68. The number of alkyl halides is 1. The van der Waals surface area contributed by atoms with Crippen molar-refractivity contribution in [3.63, 3.8) is 0 Å². The smallest absolute Gasteiger partial charge is 0.178 e. The summed E-state index contributed by atoms with van der Waals surface area (Å²) < 4.78 is 13.4. The van der Waals surface area contributed by atoms with Crippen LogP contribution in [0.3, 0.4) is 0 Å². The number of hydrogen-bond donors (Lipinski definition) is 1. The van der Waals surface area contributed by atoms with Crippen LogP contribution in [-0.4, -0.2) is 39.0 Å². The van der Waals surface area contributed by atoms with E-state index in [0.29, 0.717) is 18.9 Å². The van der Waals surface area contributed by atoms with Gasteiger partial charge in [-0.25, -0.2) is 4.39 Å². The molecule has 1 N–H and O–H groups in total. The maximum atomic E-state index is 13.4. The van der Waals surface area contributed by atoms with E-state index in [0.717, 1.165) is 0 Å². The van der Waals surface area contributed by atoms with Crippen molar-refractivity contribution in [2.45, 2.75) is 12.1 Å². The molecule has 2 heterocycles. The highest BCUT2D eigenvalue weighted by Crippen LogP contribution is 2.19. The Morgan fingerprint density at radius 1 is 1.67 bits per heavy atom. The van der Waals surface area contributed by atoms with Crippen LogP contribution < -0.4 is 5.32 Å².